The average Bonchev–Trinajstić information content (AvgIpc) is 2.85. The molecule has 0 radical (unpaired) electrons. The lowest BCUT2D eigenvalue weighted by Gasteiger charge is -2.40. The molecule has 2 aliphatic heterocycles. The summed E-state index contributed by atoms with van der Waals surface area (Å²) < 4.78 is 5.89. The predicted molar refractivity (Wildman–Crippen MR) is 129 cm³/mol. The summed E-state index contributed by atoms with van der Waals surface area (Å²) in [5.74, 6) is 2.10. The number of pyridine rings is 1. The van der Waals surface area contributed by atoms with Gasteiger partial charge < -0.3 is 14.5 Å². The van der Waals surface area contributed by atoms with Crippen LogP contribution in [0.5, 0.6) is 5.75 Å². The van der Waals surface area contributed by atoms with Crippen molar-refractivity contribution in [3.8, 4) is 5.75 Å². The van der Waals surface area contributed by atoms with Crippen molar-refractivity contribution >= 4 is 17.5 Å². The molecule has 1 amide bonds. The van der Waals surface area contributed by atoms with Gasteiger partial charge in [-0.25, -0.2) is 4.98 Å². The van der Waals surface area contributed by atoms with Gasteiger partial charge in [-0.15, -0.1) is 0 Å². The standard InChI is InChI=1S/C26H34N4O3/c1-20(31)23-8-5-9-24(17-23)33-21(2)26(32)30-12-6-7-22(19-30)18-28-13-15-29(16-14-28)25-10-3-4-11-27-25/h3-5,8-11,17,21-22H,6-7,12-16,18-19H2,1-2H3. The van der Waals surface area contributed by atoms with Crippen LogP contribution in [0.1, 0.15) is 37.0 Å². The highest BCUT2D eigenvalue weighted by Gasteiger charge is 2.29. The molecule has 33 heavy (non-hydrogen) atoms. The molecule has 2 atom stereocenters. The van der Waals surface area contributed by atoms with Gasteiger partial charge in [0, 0.05) is 57.6 Å². The summed E-state index contributed by atoms with van der Waals surface area (Å²) in [6.45, 7) is 9.91. The summed E-state index contributed by atoms with van der Waals surface area (Å²) in [6.07, 6.45) is 3.45. The second-order valence-corrected chi connectivity index (χ2v) is 9.11. The number of aromatic nitrogens is 1. The van der Waals surface area contributed by atoms with Crippen LogP contribution in [0.15, 0.2) is 48.7 Å². The largest absolute Gasteiger partial charge is 0.481 e. The van der Waals surface area contributed by atoms with E-state index in [4.69, 9.17) is 4.74 Å². The third kappa shape index (κ3) is 6.11. The van der Waals surface area contributed by atoms with Gasteiger partial charge in [-0.1, -0.05) is 18.2 Å². The minimum absolute atomic E-state index is 0.0147. The molecule has 2 unspecified atom stereocenters. The number of Topliss-reactive ketones (excluding diaryl/α,β-unsaturated/α-hetero) is 1. The Bertz CT molecular complexity index is 944. The molecule has 3 heterocycles. The molecule has 2 saturated heterocycles. The number of benzene rings is 1. The Morgan fingerprint density at radius 3 is 2.64 bits per heavy atom. The fraction of sp³-hybridized carbons (Fsp3) is 0.500. The Morgan fingerprint density at radius 2 is 1.91 bits per heavy atom. The summed E-state index contributed by atoms with van der Waals surface area (Å²) in [5, 5.41) is 0. The van der Waals surface area contributed by atoms with Crippen molar-refractivity contribution < 1.29 is 14.3 Å². The van der Waals surface area contributed by atoms with E-state index < -0.39 is 6.10 Å². The summed E-state index contributed by atoms with van der Waals surface area (Å²) >= 11 is 0. The van der Waals surface area contributed by atoms with Crippen molar-refractivity contribution in [1.29, 1.82) is 0 Å². The normalized spacial score (nSPS) is 20.4. The Hall–Kier alpha value is -2.93. The number of amides is 1. The number of piperidine rings is 1. The van der Waals surface area contributed by atoms with Crippen molar-refractivity contribution in [2.24, 2.45) is 5.92 Å². The third-order valence-corrected chi connectivity index (χ3v) is 6.59. The van der Waals surface area contributed by atoms with Crippen LogP contribution < -0.4 is 9.64 Å². The van der Waals surface area contributed by atoms with Gasteiger partial charge in [-0.05, 0) is 56.9 Å². The number of piperazine rings is 1. The van der Waals surface area contributed by atoms with E-state index in [1.165, 1.54) is 6.92 Å². The fourth-order valence-electron chi connectivity index (χ4n) is 4.78. The molecule has 2 aliphatic rings. The number of rotatable bonds is 7. The molecular formula is C26H34N4O3. The minimum Gasteiger partial charge on any atom is -0.481 e. The summed E-state index contributed by atoms with van der Waals surface area (Å²) in [4.78, 5) is 36.0. The summed E-state index contributed by atoms with van der Waals surface area (Å²) in [6, 6.07) is 13.1. The van der Waals surface area contributed by atoms with Gasteiger partial charge in [0.1, 0.15) is 11.6 Å². The van der Waals surface area contributed by atoms with Gasteiger partial charge in [0.15, 0.2) is 11.9 Å². The number of carbonyl (C=O) groups excluding carboxylic acids is 2. The van der Waals surface area contributed by atoms with Crippen LogP contribution in [0.2, 0.25) is 0 Å². The van der Waals surface area contributed by atoms with Crippen LogP contribution in [0, 0.1) is 5.92 Å². The highest BCUT2D eigenvalue weighted by atomic mass is 16.5. The first-order valence-corrected chi connectivity index (χ1v) is 11.9. The zero-order valence-corrected chi connectivity index (χ0v) is 19.7. The molecule has 0 spiro atoms. The van der Waals surface area contributed by atoms with E-state index in [-0.39, 0.29) is 11.7 Å². The number of anilines is 1. The van der Waals surface area contributed by atoms with Gasteiger partial charge in [0.2, 0.25) is 0 Å². The van der Waals surface area contributed by atoms with Crippen molar-refractivity contribution in [1.82, 2.24) is 14.8 Å². The third-order valence-electron chi connectivity index (χ3n) is 6.59. The van der Waals surface area contributed by atoms with Gasteiger partial charge in [-0.3, -0.25) is 14.5 Å². The topological polar surface area (TPSA) is 66.0 Å². The van der Waals surface area contributed by atoms with Crippen LogP contribution >= 0.6 is 0 Å². The molecule has 176 valence electrons. The van der Waals surface area contributed by atoms with Crippen molar-refractivity contribution in [3.05, 3.63) is 54.2 Å². The van der Waals surface area contributed by atoms with E-state index in [1.807, 2.05) is 23.2 Å². The van der Waals surface area contributed by atoms with Crippen molar-refractivity contribution in [2.75, 3.05) is 50.7 Å². The van der Waals surface area contributed by atoms with Crippen LogP contribution in [0.3, 0.4) is 0 Å². The highest BCUT2D eigenvalue weighted by molar-refractivity contribution is 5.94. The van der Waals surface area contributed by atoms with Crippen LogP contribution in [0.25, 0.3) is 0 Å². The molecule has 7 nitrogen and oxygen atoms in total. The van der Waals surface area contributed by atoms with Gasteiger partial charge in [0.05, 0.1) is 0 Å². The number of hydrogen-bond donors (Lipinski definition) is 0. The molecule has 0 aliphatic carbocycles. The lowest BCUT2D eigenvalue weighted by Crippen LogP contribution is -2.51. The number of ether oxygens (including phenoxy) is 1. The Kier molecular flexibility index (Phi) is 7.60. The maximum atomic E-state index is 13.1. The molecule has 1 aromatic carbocycles. The molecular weight excluding hydrogens is 416 g/mol. The smallest absolute Gasteiger partial charge is 0.263 e. The maximum Gasteiger partial charge on any atom is 0.263 e. The quantitative estimate of drug-likeness (QED) is 0.604. The Balaban J connectivity index is 1.26. The average molecular weight is 451 g/mol. The molecule has 2 fully saturated rings. The molecule has 4 rings (SSSR count). The SMILES string of the molecule is CC(=O)c1cccc(OC(C)C(=O)N2CCCC(CN3CCN(c4ccccn4)CC3)C2)c1. The van der Waals surface area contributed by atoms with E-state index >= 15 is 0 Å². The van der Waals surface area contributed by atoms with Gasteiger partial charge in [0.25, 0.3) is 5.91 Å². The number of likely N-dealkylation sites (tertiary alicyclic amines) is 1. The van der Waals surface area contributed by atoms with E-state index in [0.29, 0.717) is 17.2 Å². The monoisotopic (exact) mass is 450 g/mol. The van der Waals surface area contributed by atoms with E-state index in [9.17, 15) is 9.59 Å². The van der Waals surface area contributed by atoms with Gasteiger partial charge in [-0.2, -0.15) is 0 Å². The number of hydrogen-bond acceptors (Lipinski definition) is 6. The molecule has 2 aromatic rings. The van der Waals surface area contributed by atoms with E-state index in [2.05, 4.69) is 20.9 Å². The second-order valence-electron chi connectivity index (χ2n) is 9.11. The summed E-state index contributed by atoms with van der Waals surface area (Å²) in [7, 11) is 0. The molecule has 1 aromatic heterocycles. The minimum atomic E-state index is -0.576. The van der Waals surface area contributed by atoms with Crippen molar-refractivity contribution in [3.63, 3.8) is 0 Å². The zero-order valence-electron chi connectivity index (χ0n) is 19.7. The van der Waals surface area contributed by atoms with Crippen LogP contribution in [-0.2, 0) is 4.79 Å². The first kappa shape index (κ1) is 23.2. The second kappa shape index (κ2) is 10.8. The highest BCUT2D eigenvalue weighted by Crippen LogP contribution is 2.22. The number of carbonyl (C=O) groups is 2. The first-order chi connectivity index (χ1) is 16.0. The lowest BCUT2D eigenvalue weighted by atomic mass is 9.96. The summed E-state index contributed by atoms with van der Waals surface area (Å²) in [5.41, 5.74) is 0.591. The van der Waals surface area contributed by atoms with Crippen molar-refractivity contribution in [2.45, 2.75) is 32.8 Å². The van der Waals surface area contributed by atoms with Gasteiger partial charge >= 0.3 is 0 Å². The number of nitrogens with zero attached hydrogens (tertiary/aromatic N) is 4. The first-order valence-electron chi connectivity index (χ1n) is 11.9. The van der Waals surface area contributed by atoms with Crippen LogP contribution in [-0.4, -0.2) is 78.4 Å². The lowest BCUT2D eigenvalue weighted by molar-refractivity contribution is -0.140. The van der Waals surface area contributed by atoms with E-state index in [1.54, 1.807) is 31.2 Å². The Labute approximate surface area is 196 Å². The fourth-order valence-corrected chi connectivity index (χ4v) is 4.78. The Morgan fingerprint density at radius 1 is 1.09 bits per heavy atom. The molecule has 0 N–H and O–H groups in total. The van der Waals surface area contributed by atoms with E-state index in [0.717, 1.165) is 64.5 Å². The predicted octanol–water partition coefficient (Wildman–Crippen LogP) is 3.11. The molecule has 0 saturated carbocycles. The zero-order chi connectivity index (χ0) is 23.2. The maximum absolute atomic E-state index is 13.1. The molecule has 7 heteroatoms. The van der Waals surface area contributed by atoms with Crippen LogP contribution in [0.4, 0.5) is 5.82 Å². The number of ketones is 1. The molecule has 0 bridgehead atoms.